The zero-order chi connectivity index (χ0) is 10.3. The Balaban J connectivity index is 3.26. The normalized spacial score (nSPS) is 12.5. The molecule has 0 aliphatic heterocycles. The van der Waals surface area contributed by atoms with Crippen molar-refractivity contribution in [2.24, 2.45) is 5.73 Å². The quantitative estimate of drug-likeness (QED) is 0.548. The van der Waals surface area contributed by atoms with Gasteiger partial charge in [0, 0.05) is 12.4 Å². The summed E-state index contributed by atoms with van der Waals surface area (Å²) in [6.45, 7) is 1.66. The number of carboxylic acids is 1. The highest BCUT2D eigenvalue weighted by Gasteiger charge is 2.05. The number of hydrogen-bond acceptors (Lipinski definition) is 4. The largest absolute Gasteiger partial charge is 0.550 e. The van der Waals surface area contributed by atoms with Crippen LogP contribution in [0.4, 0.5) is 0 Å². The Labute approximate surface area is 78.1 Å². The maximum Gasteiger partial charge on any atom is 0.149 e. The maximum absolute atomic E-state index is 11.0. The van der Waals surface area contributed by atoms with E-state index < -0.39 is 12.0 Å². The minimum absolute atomic E-state index is 0.0356. The standard InChI is InChI=1S/C9H17NO3/c1-7(10)8(11)5-3-2-4-6-9(12)13/h7H,2-6,10H2,1H3,(H,12,13)/p-1/t7-/m1/s1. The molecule has 0 aromatic heterocycles. The van der Waals surface area contributed by atoms with Crippen LogP contribution in [0.1, 0.15) is 39.0 Å². The van der Waals surface area contributed by atoms with E-state index in [2.05, 4.69) is 0 Å². The van der Waals surface area contributed by atoms with Crippen molar-refractivity contribution in [3.05, 3.63) is 0 Å². The van der Waals surface area contributed by atoms with Crippen LogP contribution in [0.25, 0.3) is 0 Å². The van der Waals surface area contributed by atoms with E-state index in [1.165, 1.54) is 0 Å². The Morgan fingerprint density at radius 1 is 1.23 bits per heavy atom. The third-order valence-corrected chi connectivity index (χ3v) is 1.81. The predicted molar refractivity (Wildman–Crippen MR) is 46.7 cm³/mol. The first-order chi connectivity index (χ1) is 6.04. The van der Waals surface area contributed by atoms with Gasteiger partial charge in [-0.15, -0.1) is 0 Å². The minimum atomic E-state index is -1.03. The Bertz CT molecular complexity index is 178. The van der Waals surface area contributed by atoms with Crippen LogP contribution in [0.5, 0.6) is 0 Å². The maximum atomic E-state index is 11.0. The van der Waals surface area contributed by atoms with Crippen molar-refractivity contribution in [1.29, 1.82) is 0 Å². The second-order valence-electron chi connectivity index (χ2n) is 3.19. The molecule has 13 heavy (non-hydrogen) atoms. The number of rotatable bonds is 7. The van der Waals surface area contributed by atoms with Gasteiger partial charge in [0.2, 0.25) is 0 Å². The molecule has 0 aliphatic carbocycles. The van der Waals surface area contributed by atoms with Crippen LogP contribution in [0.15, 0.2) is 0 Å². The Morgan fingerprint density at radius 2 is 1.77 bits per heavy atom. The lowest BCUT2D eigenvalue weighted by atomic mass is 10.1. The lowest BCUT2D eigenvalue weighted by Crippen LogP contribution is -2.26. The fourth-order valence-electron chi connectivity index (χ4n) is 0.973. The molecule has 0 spiro atoms. The highest BCUT2D eigenvalue weighted by Crippen LogP contribution is 2.03. The van der Waals surface area contributed by atoms with Gasteiger partial charge in [-0.05, 0) is 26.2 Å². The highest BCUT2D eigenvalue weighted by atomic mass is 16.4. The average Bonchev–Trinajstić information content (AvgIpc) is 2.02. The zero-order valence-corrected chi connectivity index (χ0v) is 7.91. The second kappa shape index (κ2) is 6.60. The van der Waals surface area contributed by atoms with Crippen molar-refractivity contribution in [3.8, 4) is 0 Å². The Morgan fingerprint density at radius 3 is 2.23 bits per heavy atom. The van der Waals surface area contributed by atoms with E-state index in [4.69, 9.17) is 5.73 Å². The Kier molecular flexibility index (Phi) is 6.14. The SMILES string of the molecule is C[C@@H](N)C(=O)CCCCCC(=O)[O-]. The third-order valence-electron chi connectivity index (χ3n) is 1.81. The van der Waals surface area contributed by atoms with Crippen molar-refractivity contribution in [1.82, 2.24) is 0 Å². The first kappa shape index (κ1) is 12.1. The van der Waals surface area contributed by atoms with Crippen molar-refractivity contribution in [2.75, 3.05) is 0 Å². The van der Waals surface area contributed by atoms with E-state index in [1.54, 1.807) is 6.92 Å². The zero-order valence-electron chi connectivity index (χ0n) is 7.91. The molecule has 0 radical (unpaired) electrons. The molecule has 4 nitrogen and oxygen atoms in total. The van der Waals surface area contributed by atoms with Crippen LogP contribution in [0.2, 0.25) is 0 Å². The predicted octanol–water partition coefficient (Wildman–Crippen LogP) is -0.397. The highest BCUT2D eigenvalue weighted by molar-refractivity contribution is 5.83. The molecule has 0 aliphatic rings. The molecular weight excluding hydrogens is 170 g/mol. The molecule has 0 saturated heterocycles. The molecule has 0 unspecified atom stereocenters. The molecule has 0 amide bonds. The average molecular weight is 186 g/mol. The summed E-state index contributed by atoms with van der Waals surface area (Å²) in [6.07, 6.45) is 2.56. The van der Waals surface area contributed by atoms with Crippen LogP contribution < -0.4 is 10.8 Å². The lowest BCUT2D eigenvalue weighted by molar-refractivity contribution is -0.305. The lowest BCUT2D eigenvalue weighted by Gasteiger charge is -2.04. The van der Waals surface area contributed by atoms with Crippen LogP contribution >= 0.6 is 0 Å². The number of nitrogens with two attached hydrogens (primary N) is 1. The van der Waals surface area contributed by atoms with E-state index in [1.807, 2.05) is 0 Å². The monoisotopic (exact) mass is 186 g/mol. The van der Waals surface area contributed by atoms with Crippen LogP contribution in [-0.4, -0.2) is 17.8 Å². The number of Topliss-reactive ketones (excluding diaryl/α,β-unsaturated/α-hetero) is 1. The summed E-state index contributed by atoms with van der Waals surface area (Å²) in [5.74, 6) is -0.994. The summed E-state index contributed by atoms with van der Waals surface area (Å²) in [7, 11) is 0. The number of hydrogen-bond donors (Lipinski definition) is 1. The fourth-order valence-corrected chi connectivity index (χ4v) is 0.973. The van der Waals surface area contributed by atoms with Gasteiger partial charge in [-0.1, -0.05) is 6.42 Å². The van der Waals surface area contributed by atoms with E-state index in [0.717, 1.165) is 6.42 Å². The molecule has 0 aromatic carbocycles. The first-order valence-electron chi connectivity index (χ1n) is 4.52. The Hall–Kier alpha value is -0.900. The fraction of sp³-hybridized carbons (Fsp3) is 0.778. The summed E-state index contributed by atoms with van der Waals surface area (Å²) >= 11 is 0. The first-order valence-corrected chi connectivity index (χ1v) is 4.52. The molecule has 76 valence electrons. The van der Waals surface area contributed by atoms with Crippen LogP contribution in [0, 0.1) is 0 Å². The molecule has 0 aromatic rings. The van der Waals surface area contributed by atoms with Crippen LogP contribution in [-0.2, 0) is 9.59 Å². The van der Waals surface area contributed by atoms with Crippen molar-refractivity contribution < 1.29 is 14.7 Å². The number of unbranched alkanes of at least 4 members (excludes halogenated alkanes) is 2. The molecule has 0 bridgehead atoms. The number of carbonyl (C=O) groups excluding carboxylic acids is 2. The number of carbonyl (C=O) groups is 2. The van der Waals surface area contributed by atoms with Gasteiger partial charge in [0.25, 0.3) is 0 Å². The molecule has 0 fully saturated rings. The topological polar surface area (TPSA) is 83.2 Å². The van der Waals surface area contributed by atoms with Crippen molar-refractivity contribution in [2.45, 2.75) is 45.1 Å². The van der Waals surface area contributed by atoms with Gasteiger partial charge in [-0.25, -0.2) is 0 Å². The minimum Gasteiger partial charge on any atom is -0.550 e. The van der Waals surface area contributed by atoms with Crippen molar-refractivity contribution >= 4 is 11.8 Å². The van der Waals surface area contributed by atoms with Gasteiger partial charge in [-0.2, -0.15) is 0 Å². The molecule has 4 heteroatoms. The third kappa shape index (κ3) is 7.46. The number of carboxylic acid groups (broad SMARTS) is 1. The van der Waals surface area contributed by atoms with Gasteiger partial charge in [0.15, 0.2) is 0 Å². The second-order valence-corrected chi connectivity index (χ2v) is 3.19. The van der Waals surface area contributed by atoms with Crippen molar-refractivity contribution in [3.63, 3.8) is 0 Å². The summed E-state index contributed by atoms with van der Waals surface area (Å²) in [6, 6.07) is -0.402. The summed E-state index contributed by atoms with van der Waals surface area (Å²) in [4.78, 5) is 21.0. The summed E-state index contributed by atoms with van der Waals surface area (Å²) < 4.78 is 0. The van der Waals surface area contributed by atoms with E-state index in [-0.39, 0.29) is 12.2 Å². The molecule has 0 rings (SSSR count). The summed E-state index contributed by atoms with van der Waals surface area (Å²) in [5, 5.41) is 10.0. The number of ketones is 1. The molecule has 1 atom stereocenters. The van der Waals surface area contributed by atoms with E-state index >= 15 is 0 Å². The van der Waals surface area contributed by atoms with Gasteiger partial charge < -0.3 is 15.6 Å². The van der Waals surface area contributed by atoms with E-state index in [0.29, 0.717) is 19.3 Å². The molecular formula is C9H16NO3-. The number of aliphatic carboxylic acids is 1. The van der Waals surface area contributed by atoms with Crippen LogP contribution in [0.3, 0.4) is 0 Å². The summed E-state index contributed by atoms with van der Waals surface area (Å²) in [5.41, 5.74) is 5.35. The van der Waals surface area contributed by atoms with Gasteiger partial charge in [0.1, 0.15) is 5.78 Å². The molecule has 0 heterocycles. The molecule has 2 N–H and O–H groups in total. The van der Waals surface area contributed by atoms with Gasteiger partial charge in [0.05, 0.1) is 6.04 Å². The molecule has 0 saturated carbocycles. The smallest absolute Gasteiger partial charge is 0.149 e. The van der Waals surface area contributed by atoms with Gasteiger partial charge in [-0.3, -0.25) is 4.79 Å². The van der Waals surface area contributed by atoms with Gasteiger partial charge >= 0.3 is 0 Å². The van der Waals surface area contributed by atoms with E-state index in [9.17, 15) is 14.7 Å².